The van der Waals surface area contributed by atoms with Gasteiger partial charge in [0.15, 0.2) is 0 Å². The van der Waals surface area contributed by atoms with Crippen LogP contribution in [0.15, 0.2) is 12.1 Å². The number of hydrogen-bond acceptors (Lipinski definition) is 4. The van der Waals surface area contributed by atoms with Gasteiger partial charge in [-0.1, -0.05) is 0 Å². The summed E-state index contributed by atoms with van der Waals surface area (Å²) in [6.07, 6.45) is 2.55. The molecular weight excluding hydrogens is 264 g/mol. The van der Waals surface area contributed by atoms with Crippen LogP contribution in [0, 0.1) is 5.92 Å². The van der Waals surface area contributed by atoms with Crippen LogP contribution in [0.3, 0.4) is 0 Å². The van der Waals surface area contributed by atoms with Gasteiger partial charge in [-0.15, -0.1) is 0 Å². The number of fused-ring (bicyclic) bond motifs is 1. The van der Waals surface area contributed by atoms with E-state index in [1.54, 1.807) is 7.11 Å². The minimum absolute atomic E-state index is 0.284. The third-order valence-corrected chi connectivity index (χ3v) is 4.56. The van der Waals surface area contributed by atoms with Crippen molar-refractivity contribution in [3.8, 4) is 11.5 Å². The van der Waals surface area contributed by atoms with Crippen LogP contribution >= 0.6 is 0 Å². The minimum Gasteiger partial charge on any atom is -0.496 e. The van der Waals surface area contributed by atoms with E-state index in [1.807, 2.05) is 7.05 Å². The molecule has 116 valence electrons. The largest absolute Gasteiger partial charge is 0.496 e. The van der Waals surface area contributed by atoms with E-state index < -0.39 is 0 Å². The highest BCUT2D eigenvalue weighted by Crippen LogP contribution is 2.36. The Balaban J connectivity index is 1.72. The molecule has 1 aromatic carbocycles. The molecule has 3 rings (SSSR count). The monoisotopic (exact) mass is 290 g/mol. The number of ether oxygens (including phenoxy) is 2. The van der Waals surface area contributed by atoms with Crippen LogP contribution in [0.1, 0.15) is 24.5 Å². The fourth-order valence-corrected chi connectivity index (χ4v) is 3.55. The molecule has 0 aliphatic carbocycles. The Hall–Kier alpha value is -1.26. The second kappa shape index (κ2) is 6.24. The van der Waals surface area contributed by atoms with Crippen LogP contribution < -0.4 is 14.8 Å². The summed E-state index contributed by atoms with van der Waals surface area (Å²) in [6.45, 7) is 6.52. The van der Waals surface area contributed by atoms with Crippen molar-refractivity contribution in [2.45, 2.75) is 32.4 Å². The normalized spacial score (nSPS) is 24.9. The molecule has 2 atom stereocenters. The first-order chi connectivity index (χ1) is 10.2. The van der Waals surface area contributed by atoms with Crippen molar-refractivity contribution in [3.05, 3.63) is 23.3 Å². The molecule has 0 amide bonds. The molecule has 1 N–H and O–H groups in total. The lowest BCUT2D eigenvalue weighted by molar-refractivity contribution is 0.253. The lowest BCUT2D eigenvalue weighted by atomic mass is 10.1. The van der Waals surface area contributed by atoms with Gasteiger partial charge in [-0.05, 0) is 51.5 Å². The zero-order valence-electron chi connectivity index (χ0n) is 13.3. The summed E-state index contributed by atoms with van der Waals surface area (Å²) in [5, 5.41) is 3.28. The lowest BCUT2D eigenvalue weighted by Crippen LogP contribution is -2.24. The van der Waals surface area contributed by atoms with Gasteiger partial charge in [0.1, 0.15) is 17.6 Å². The van der Waals surface area contributed by atoms with Crippen molar-refractivity contribution in [3.63, 3.8) is 0 Å². The van der Waals surface area contributed by atoms with Crippen LogP contribution in [0.5, 0.6) is 11.5 Å². The van der Waals surface area contributed by atoms with Crippen LogP contribution in [-0.2, 0) is 13.0 Å². The highest BCUT2D eigenvalue weighted by Gasteiger charge is 2.25. The van der Waals surface area contributed by atoms with Crippen molar-refractivity contribution < 1.29 is 9.47 Å². The van der Waals surface area contributed by atoms with Crippen LogP contribution in [0.25, 0.3) is 0 Å². The van der Waals surface area contributed by atoms with Crippen LogP contribution in [0.4, 0.5) is 0 Å². The SMILES string of the molecule is CNCC1CCN(Cc2cc3c(cc2OC)CC(C)O3)C1. The van der Waals surface area contributed by atoms with E-state index in [4.69, 9.17) is 9.47 Å². The van der Waals surface area contributed by atoms with Gasteiger partial charge in [-0.25, -0.2) is 0 Å². The van der Waals surface area contributed by atoms with E-state index in [9.17, 15) is 0 Å². The molecule has 0 spiro atoms. The molecule has 1 fully saturated rings. The van der Waals surface area contributed by atoms with Crippen LogP contribution in [-0.4, -0.2) is 44.8 Å². The molecule has 0 aromatic heterocycles. The Morgan fingerprint density at radius 3 is 3.05 bits per heavy atom. The first-order valence-corrected chi connectivity index (χ1v) is 7.93. The number of likely N-dealkylation sites (tertiary alicyclic amines) is 1. The predicted octanol–water partition coefficient (Wildman–Crippen LogP) is 2.06. The van der Waals surface area contributed by atoms with Gasteiger partial charge in [0.2, 0.25) is 0 Å². The first-order valence-electron chi connectivity index (χ1n) is 7.93. The molecule has 1 saturated heterocycles. The van der Waals surface area contributed by atoms with Crippen molar-refractivity contribution >= 4 is 0 Å². The predicted molar refractivity (Wildman–Crippen MR) is 84.1 cm³/mol. The zero-order chi connectivity index (χ0) is 14.8. The van der Waals surface area contributed by atoms with E-state index in [2.05, 4.69) is 29.3 Å². The maximum atomic E-state index is 5.89. The van der Waals surface area contributed by atoms with E-state index in [1.165, 1.54) is 30.6 Å². The average molecular weight is 290 g/mol. The van der Waals surface area contributed by atoms with Gasteiger partial charge in [0.25, 0.3) is 0 Å². The zero-order valence-corrected chi connectivity index (χ0v) is 13.3. The third-order valence-electron chi connectivity index (χ3n) is 4.56. The summed E-state index contributed by atoms with van der Waals surface area (Å²) in [5.74, 6) is 2.82. The second-order valence-electron chi connectivity index (χ2n) is 6.35. The molecule has 1 aromatic rings. The number of hydrogen-bond donors (Lipinski definition) is 1. The summed E-state index contributed by atoms with van der Waals surface area (Å²) in [4.78, 5) is 2.52. The molecule has 2 aliphatic rings. The Labute approximate surface area is 127 Å². The summed E-state index contributed by atoms with van der Waals surface area (Å²) in [5.41, 5.74) is 2.52. The Kier molecular flexibility index (Phi) is 4.36. The maximum Gasteiger partial charge on any atom is 0.123 e. The van der Waals surface area contributed by atoms with Gasteiger partial charge in [0.05, 0.1) is 7.11 Å². The van der Waals surface area contributed by atoms with E-state index in [0.717, 1.165) is 36.9 Å². The highest BCUT2D eigenvalue weighted by atomic mass is 16.5. The number of nitrogens with zero attached hydrogens (tertiary/aromatic N) is 1. The summed E-state index contributed by atoms with van der Waals surface area (Å²) >= 11 is 0. The molecular formula is C17H26N2O2. The minimum atomic E-state index is 0.284. The van der Waals surface area contributed by atoms with Gasteiger partial charge < -0.3 is 14.8 Å². The van der Waals surface area contributed by atoms with E-state index in [-0.39, 0.29) is 6.10 Å². The van der Waals surface area contributed by atoms with Crippen LogP contribution in [0.2, 0.25) is 0 Å². The number of methoxy groups -OCH3 is 1. The third kappa shape index (κ3) is 3.16. The summed E-state index contributed by atoms with van der Waals surface area (Å²) in [7, 11) is 3.79. The lowest BCUT2D eigenvalue weighted by Gasteiger charge is -2.19. The Bertz CT molecular complexity index is 504. The molecule has 4 heteroatoms. The quantitative estimate of drug-likeness (QED) is 0.900. The number of nitrogens with one attached hydrogen (secondary N) is 1. The average Bonchev–Trinajstić information content (AvgIpc) is 3.03. The first kappa shape index (κ1) is 14.7. The molecule has 2 aliphatic heterocycles. The van der Waals surface area contributed by atoms with E-state index in [0.29, 0.717) is 0 Å². The summed E-state index contributed by atoms with van der Waals surface area (Å²) in [6, 6.07) is 4.35. The van der Waals surface area contributed by atoms with Gasteiger partial charge in [0, 0.05) is 30.6 Å². The fourth-order valence-electron chi connectivity index (χ4n) is 3.55. The highest BCUT2D eigenvalue weighted by molar-refractivity contribution is 5.48. The maximum absolute atomic E-state index is 5.89. The standard InChI is InChI=1S/C17H26N2O2/c1-12-6-14-7-16(20-3)15(8-17(14)21-12)11-19-5-4-13(10-19)9-18-2/h7-8,12-13,18H,4-6,9-11H2,1-3H3. The Morgan fingerprint density at radius 2 is 2.29 bits per heavy atom. The molecule has 0 saturated carbocycles. The van der Waals surface area contributed by atoms with Crippen molar-refractivity contribution in [2.75, 3.05) is 33.8 Å². The number of benzene rings is 1. The Morgan fingerprint density at radius 1 is 1.43 bits per heavy atom. The molecule has 2 unspecified atom stereocenters. The van der Waals surface area contributed by atoms with E-state index >= 15 is 0 Å². The number of rotatable bonds is 5. The van der Waals surface area contributed by atoms with Gasteiger partial charge >= 0.3 is 0 Å². The fraction of sp³-hybridized carbons (Fsp3) is 0.647. The van der Waals surface area contributed by atoms with Crippen molar-refractivity contribution in [1.82, 2.24) is 10.2 Å². The van der Waals surface area contributed by atoms with Crippen molar-refractivity contribution in [2.24, 2.45) is 5.92 Å². The molecule has 0 bridgehead atoms. The molecule has 21 heavy (non-hydrogen) atoms. The summed E-state index contributed by atoms with van der Waals surface area (Å²) < 4.78 is 11.5. The molecule has 4 nitrogen and oxygen atoms in total. The molecule has 0 radical (unpaired) electrons. The van der Waals surface area contributed by atoms with Gasteiger partial charge in [-0.2, -0.15) is 0 Å². The van der Waals surface area contributed by atoms with Gasteiger partial charge in [-0.3, -0.25) is 4.90 Å². The smallest absolute Gasteiger partial charge is 0.123 e. The second-order valence-corrected chi connectivity index (χ2v) is 6.35. The molecule has 2 heterocycles. The van der Waals surface area contributed by atoms with Crippen molar-refractivity contribution in [1.29, 1.82) is 0 Å². The topological polar surface area (TPSA) is 33.7 Å².